The molecular weight excluding hydrogens is 273 g/mol. The van der Waals surface area contributed by atoms with Gasteiger partial charge in [-0.1, -0.05) is 55.8 Å². The van der Waals surface area contributed by atoms with Crippen LogP contribution in [0, 0.1) is 5.82 Å². The monoisotopic (exact) mass is 291 g/mol. The first-order chi connectivity index (χ1) is 9.52. The van der Waals surface area contributed by atoms with Crippen molar-refractivity contribution < 1.29 is 4.39 Å². The molecule has 0 saturated heterocycles. The summed E-state index contributed by atoms with van der Waals surface area (Å²) in [5.74, 6) is 0.121. The highest BCUT2D eigenvalue weighted by atomic mass is 35.5. The lowest BCUT2D eigenvalue weighted by atomic mass is 9.94. The first kappa shape index (κ1) is 15.0. The van der Waals surface area contributed by atoms with Crippen molar-refractivity contribution >= 4 is 11.6 Å². The summed E-state index contributed by atoms with van der Waals surface area (Å²) in [7, 11) is 0. The summed E-state index contributed by atoms with van der Waals surface area (Å²) in [6.07, 6.45) is 1.11. The number of benzene rings is 2. The van der Waals surface area contributed by atoms with E-state index in [2.05, 4.69) is 26.0 Å². The summed E-state index contributed by atoms with van der Waals surface area (Å²) in [5, 5.41) is 0.106. The first-order valence-electron chi connectivity index (χ1n) is 6.83. The van der Waals surface area contributed by atoms with Gasteiger partial charge in [0, 0.05) is 0 Å². The molecule has 0 aliphatic rings. The predicted octanol–water partition coefficient (Wildman–Crippen LogP) is 5.04. The maximum Gasteiger partial charge on any atom is 0.141 e. The lowest BCUT2D eigenvalue weighted by Crippen LogP contribution is -2.12. The van der Waals surface area contributed by atoms with Gasteiger partial charge in [0.1, 0.15) is 5.82 Å². The van der Waals surface area contributed by atoms with Gasteiger partial charge < -0.3 is 5.73 Å². The molecule has 2 atom stereocenters. The van der Waals surface area contributed by atoms with Crippen molar-refractivity contribution in [3.8, 4) is 0 Å². The van der Waals surface area contributed by atoms with Crippen LogP contribution in [-0.2, 0) is 0 Å². The number of nitrogens with two attached hydrogens (primary N) is 1. The number of hydrogen-bond donors (Lipinski definition) is 1. The van der Waals surface area contributed by atoms with Crippen LogP contribution in [0.4, 0.5) is 4.39 Å². The second-order valence-corrected chi connectivity index (χ2v) is 5.53. The number of halogens is 2. The lowest BCUT2D eigenvalue weighted by Gasteiger charge is -2.15. The minimum atomic E-state index is -0.422. The van der Waals surface area contributed by atoms with Gasteiger partial charge >= 0.3 is 0 Å². The molecule has 2 aromatic rings. The molecule has 0 aliphatic carbocycles. The van der Waals surface area contributed by atoms with Gasteiger partial charge in [0.15, 0.2) is 0 Å². The largest absolute Gasteiger partial charge is 0.320 e. The van der Waals surface area contributed by atoms with Crippen molar-refractivity contribution in [3.63, 3.8) is 0 Å². The van der Waals surface area contributed by atoms with E-state index in [0.717, 1.165) is 17.5 Å². The third kappa shape index (κ3) is 3.20. The SMILES string of the molecule is CCC(C)c1ccc(C(N)c2ccc(F)c(Cl)c2)cc1. The van der Waals surface area contributed by atoms with Gasteiger partial charge in [-0.2, -0.15) is 0 Å². The molecule has 0 aromatic heterocycles. The molecule has 106 valence electrons. The van der Waals surface area contributed by atoms with E-state index in [9.17, 15) is 4.39 Å². The van der Waals surface area contributed by atoms with E-state index in [1.165, 1.54) is 11.6 Å². The quantitative estimate of drug-likeness (QED) is 0.839. The Morgan fingerprint density at radius 3 is 2.15 bits per heavy atom. The summed E-state index contributed by atoms with van der Waals surface area (Å²) < 4.78 is 13.2. The van der Waals surface area contributed by atoms with Gasteiger partial charge in [0.05, 0.1) is 11.1 Å². The molecule has 0 heterocycles. The fourth-order valence-electron chi connectivity index (χ4n) is 2.17. The minimum absolute atomic E-state index is 0.106. The van der Waals surface area contributed by atoms with Crippen molar-refractivity contribution in [3.05, 3.63) is 70.0 Å². The van der Waals surface area contributed by atoms with E-state index in [1.54, 1.807) is 12.1 Å². The van der Waals surface area contributed by atoms with Crippen molar-refractivity contribution in [2.45, 2.75) is 32.2 Å². The van der Waals surface area contributed by atoms with E-state index in [-0.39, 0.29) is 11.1 Å². The van der Waals surface area contributed by atoms with Gasteiger partial charge in [-0.25, -0.2) is 4.39 Å². The molecule has 0 aliphatic heterocycles. The highest BCUT2D eigenvalue weighted by Gasteiger charge is 2.12. The van der Waals surface area contributed by atoms with E-state index in [1.807, 2.05) is 12.1 Å². The van der Waals surface area contributed by atoms with Crippen molar-refractivity contribution in [2.75, 3.05) is 0 Å². The molecule has 0 fully saturated rings. The maximum absolute atomic E-state index is 13.2. The zero-order chi connectivity index (χ0) is 14.7. The molecule has 0 radical (unpaired) electrons. The second kappa shape index (κ2) is 6.38. The standard InChI is InChI=1S/C17H19ClFN/c1-3-11(2)12-4-6-13(7-5-12)17(20)14-8-9-16(19)15(18)10-14/h4-11,17H,3,20H2,1-2H3. The summed E-state index contributed by atoms with van der Waals surface area (Å²) in [6, 6.07) is 12.6. The molecule has 0 amide bonds. The molecular formula is C17H19ClFN. The van der Waals surface area contributed by atoms with Crippen molar-refractivity contribution in [1.82, 2.24) is 0 Å². The molecule has 20 heavy (non-hydrogen) atoms. The minimum Gasteiger partial charge on any atom is -0.320 e. The van der Waals surface area contributed by atoms with Crippen LogP contribution >= 0.6 is 11.6 Å². The summed E-state index contributed by atoms with van der Waals surface area (Å²) in [5.41, 5.74) is 9.33. The molecule has 0 spiro atoms. The van der Waals surface area contributed by atoms with Gasteiger partial charge in [0.25, 0.3) is 0 Å². The molecule has 2 N–H and O–H groups in total. The van der Waals surface area contributed by atoms with E-state index >= 15 is 0 Å². The Hall–Kier alpha value is -1.38. The van der Waals surface area contributed by atoms with E-state index in [0.29, 0.717) is 5.92 Å². The van der Waals surface area contributed by atoms with Gasteiger partial charge in [-0.05, 0) is 41.2 Å². The zero-order valence-electron chi connectivity index (χ0n) is 11.7. The van der Waals surface area contributed by atoms with Gasteiger partial charge in [-0.15, -0.1) is 0 Å². The van der Waals surface area contributed by atoms with Crippen LogP contribution in [0.3, 0.4) is 0 Å². The fraction of sp³-hybridized carbons (Fsp3) is 0.294. The number of rotatable bonds is 4. The fourth-order valence-corrected chi connectivity index (χ4v) is 2.35. The normalized spacial score (nSPS) is 14.1. The summed E-state index contributed by atoms with van der Waals surface area (Å²) in [4.78, 5) is 0. The Labute approximate surface area is 124 Å². The van der Waals surface area contributed by atoms with Crippen LogP contribution in [0.15, 0.2) is 42.5 Å². The molecule has 2 unspecified atom stereocenters. The first-order valence-corrected chi connectivity index (χ1v) is 7.21. The Morgan fingerprint density at radius 1 is 1.05 bits per heavy atom. The second-order valence-electron chi connectivity index (χ2n) is 5.13. The summed E-state index contributed by atoms with van der Waals surface area (Å²) in [6.45, 7) is 4.37. The van der Waals surface area contributed by atoms with Crippen LogP contribution in [0.1, 0.15) is 48.9 Å². The molecule has 0 bridgehead atoms. The summed E-state index contributed by atoms with van der Waals surface area (Å²) >= 11 is 5.80. The van der Waals surface area contributed by atoms with Crippen LogP contribution in [0.2, 0.25) is 5.02 Å². The average molecular weight is 292 g/mol. The smallest absolute Gasteiger partial charge is 0.141 e. The van der Waals surface area contributed by atoms with E-state index < -0.39 is 5.82 Å². The third-order valence-corrected chi connectivity index (χ3v) is 4.07. The van der Waals surface area contributed by atoms with E-state index in [4.69, 9.17) is 17.3 Å². The third-order valence-electron chi connectivity index (χ3n) is 3.78. The van der Waals surface area contributed by atoms with Crippen LogP contribution in [0.25, 0.3) is 0 Å². The Kier molecular flexibility index (Phi) is 4.79. The highest BCUT2D eigenvalue weighted by molar-refractivity contribution is 6.30. The van der Waals surface area contributed by atoms with Crippen LogP contribution in [-0.4, -0.2) is 0 Å². The molecule has 2 aromatic carbocycles. The highest BCUT2D eigenvalue weighted by Crippen LogP contribution is 2.26. The van der Waals surface area contributed by atoms with Crippen molar-refractivity contribution in [1.29, 1.82) is 0 Å². The molecule has 0 saturated carbocycles. The van der Waals surface area contributed by atoms with Gasteiger partial charge in [-0.3, -0.25) is 0 Å². The lowest BCUT2D eigenvalue weighted by molar-refractivity contribution is 0.627. The average Bonchev–Trinajstić information content (AvgIpc) is 2.48. The molecule has 2 rings (SSSR count). The molecule has 1 nitrogen and oxygen atoms in total. The Bertz CT molecular complexity index is 580. The number of hydrogen-bond acceptors (Lipinski definition) is 1. The van der Waals surface area contributed by atoms with Crippen molar-refractivity contribution in [2.24, 2.45) is 5.73 Å². The van der Waals surface area contributed by atoms with Gasteiger partial charge in [0.2, 0.25) is 0 Å². The maximum atomic E-state index is 13.2. The zero-order valence-corrected chi connectivity index (χ0v) is 12.5. The Balaban J connectivity index is 2.24. The topological polar surface area (TPSA) is 26.0 Å². The predicted molar refractivity (Wildman–Crippen MR) is 82.6 cm³/mol. The molecule has 3 heteroatoms. The van der Waals surface area contributed by atoms with Crippen LogP contribution < -0.4 is 5.73 Å². The van der Waals surface area contributed by atoms with Crippen LogP contribution in [0.5, 0.6) is 0 Å². The Morgan fingerprint density at radius 2 is 1.60 bits per heavy atom.